The van der Waals surface area contributed by atoms with Gasteiger partial charge in [0.1, 0.15) is 0 Å². The molecule has 0 aliphatic carbocycles. The molecule has 1 aromatic rings. The zero-order chi connectivity index (χ0) is 12.8. The highest BCUT2D eigenvalue weighted by Gasteiger charge is 2.15. The van der Waals surface area contributed by atoms with Crippen molar-refractivity contribution >= 4 is 5.78 Å². The van der Waals surface area contributed by atoms with Crippen molar-refractivity contribution in [2.45, 2.75) is 26.7 Å². The second kappa shape index (κ2) is 6.13. The number of nitrogens with zero attached hydrogens (tertiary/aromatic N) is 1. The number of benzene rings is 1. The number of carbonyl (C=O) groups is 1. The topological polar surface area (TPSA) is 60.2 Å². The Balaban J connectivity index is 2.60. The van der Waals surface area contributed by atoms with Gasteiger partial charge in [0.2, 0.25) is 6.54 Å². The average Bonchev–Trinajstić information content (AvgIpc) is 2.28. The molecule has 0 amide bonds. The van der Waals surface area contributed by atoms with Gasteiger partial charge in [-0.25, -0.2) is 0 Å². The number of carbonyl (C=O) groups excluding carboxylic acids is 1. The average molecular weight is 235 g/mol. The highest BCUT2D eigenvalue weighted by Crippen LogP contribution is 2.11. The maximum absolute atomic E-state index is 11.8. The van der Waals surface area contributed by atoms with Gasteiger partial charge in [0.15, 0.2) is 5.78 Å². The molecule has 1 atom stereocenters. The van der Waals surface area contributed by atoms with Crippen LogP contribution in [0.3, 0.4) is 0 Å². The monoisotopic (exact) mass is 235 g/mol. The number of aryl methyl sites for hydroxylation is 1. The van der Waals surface area contributed by atoms with E-state index in [1.165, 1.54) is 5.56 Å². The van der Waals surface area contributed by atoms with E-state index in [9.17, 15) is 14.9 Å². The molecular formula is C13H17NO3. The van der Waals surface area contributed by atoms with Crippen molar-refractivity contribution in [3.05, 3.63) is 45.5 Å². The molecule has 1 rings (SSSR count). The number of ketones is 1. The molecule has 0 aliphatic rings. The summed E-state index contributed by atoms with van der Waals surface area (Å²) in [5.41, 5.74) is 1.82. The predicted octanol–water partition coefficient (Wildman–Crippen LogP) is 2.73. The molecule has 0 N–H and O–H groups in total. The summed E-state index contributed by atoms with van der Waals surface area (Å²) < 4.78 is 0. The van der Waals surface area contributed by atoms with Crippen molar-refractivity contribution < 1.29 is 9.72 Å². The molecule has 0 heterocycles. The minimum Gasteiger partial charge on any atom is -0.294 e. The second-order valence-electron chi connectivity index (χ2n) is 4.30. The van der Waals surface area contributed by atoms with Crippen LogP contribution in [0.15, 0.2) is 24.3 Å². The lowest BCUT2D eigenvalue weighted by Crippen LogP contribution is -2.15. The van der Waals surface area contributed by atoms with Crippen LogP contribution in [0.25, 0.3) is 0 Å². The minimum absolute atomic E-state index is 0.0259. The van der Waals surface area contributed by atoms with E-state index in [0.29, 0.717) is 5.56 Å². The Labute approximate surface area is 101 Å². The molecule has 1 unspecified atom stereocenters. The van der Waals surface area contributed by atoms with E-state index >= 15 is 0 Å². The first-order valence-corrected chi connectivity index (χ1v) is 5.76. The number of hydrogen-bond donors (Lipinski definition) is 0. The van der Waals surface area contributed by atoms with E-state index in [-0.39, 0.29) is 29.6 Å². The molecule has 0 bridgehead atoms. The van der Waals surface area contributed by atoms with E-state index in [0.717, 1.165) is 6.42 Å². The molecule has 0 saturated heterocycles. The summed E-state index contributed by atoms with van der Waals surface area (Å²) >= 11 is 0. The number of Topliss-reactive ketones (excluding diaryl/α,β-unsaturated/α-hetero) is 1. The SMILES string of the molecule is CCc1ccc(C(=O)CC(C)C[N+](=O)[O-])cc1. The van der Waals surface area contributed by atoms with Gasteiger partial charge in [0.25, 0.3) is 0 Å². The van der Waals surface area contributed by atoms with Crippen LogP contribution in [0.5, 0.6) is 0 Å². The second-order valence-corrected chi connectivity index (χ2v) is 4.30. The lowest BCUT2D eigenvalue weighted by atomic mass is 9.99. The maximum atomic E-state index is 11.8. The molecule has 92 valence electrons. The van der Waals surface area contributed by atoms with Crippen molar-refractivity contribution in [1.29, 1.82) is 0 Å². The first-order valence-electron chi connectivity index (χ1n) is 5.76. The molecule has 4 nitrogen and oxygen atoms in total. The first kappa shape index (κ1) is 13.4. The largest absolute Gasteiger partial charge is 0.294 e. The van der Waals surface area contributed by atoms with Gasteiger partial charge in [-0.2, -0.15) is 0 Å². The van der Waals surface area contributed by atoms with Gasteiger partial charge in [-0.05, 0) is 12.0 Å². The van der Waals surface area contributed by atoms with Crippen molar-refractivity contribution in [1.82, 2.24) is 0 Å². The Morgan fingerprint density at radius 1 is 1.35 bits per heavy atom. The van der Waals surface area contributed by atoms with E-state index in [2.05, 4.69) is 6.92 Å². The number of rotatable bonds is 6. The fourth-order valence-electron chi connectivity index (χ4n) is 1.68. The van der Waals surface area contributed by atoms with E-state index in [1.54, 1.807) is 19.1 Å². The smallest absolute Gasteiger partial charge is 0.206 e. The van der Waals surface area contributed by atoms with Crippen molar-refractivity contribution in [2.24, 2.45) is 5.92 Å². The van der Waals surface area contributed by atoms with Crippen molar-refractivity contribution in [2.75, 3.05) is 6.54 Å². The summed E-state index contributed by atoms with van der Waals surface area (Å²) in [5.74, 6) is -0.245. The third-order valence-electron chi connectivity index (χ3n) is 2.68. The Morgan fingerprint density at radius 3 is 2.41 bits per heavy atom. The van der Waals surface area contributed by atoms with Gasteiger partial charge in [-0.3, -0.25) is 14.9 Å². The standard InChI is InChI=1S/C13H17NO3/c1-3-11-4-6-12(7-5-11)13(15)8-10(2)9-14(16)17/h4-7,10H,3,8-9H2,1-2H3. The molecule has 0 fully saturated rings. The lowest BCUT2D eigenvalue weighted by Gasteiger charge is -2.06. The summed E-state index contributed by atoms with van der Waals surface area (Å²) in [6.07, 6.45) is 1.17. The van der Waals surface area contributed by atoms with Gasteiger partial charge in [0, 0.05) is 22.8 Å². The summed E-state index contributed by atoms with van der Waals surface area (Å²) in [6.45, 7) is 3.62. The molecule has 17 heavy (non-hydrogen) atoms. The minimum atomic E-state index is -0.377. The van der Waals surface area contributed by atoms with E-state index < -0.39 is 0 Å². The summed E-state index contributed by atoms with van der Waals surface area (Å²) in [5, 5.41) is 10.3. The lowest BCUT2D eigenvalue weighted by molar-refractivity contribution is -0.487. The van der Waals surface area contributed by atoms with Crippen LogP contribution >= 0.6 is 0 Å². The number of nitro groups is 1. The van der Waals surface area contributed by atoms with Crippen molar-refractivity contribution in [3.8, 4) is 0 Å². The Hall–Kier alpha value is -1.71. The number of hydrogen-bond acceptors (Lipinski definition) is 3. The highest BCUT2D eigenvalue weighted by atomic mass is 16.6. The Kier molecular flexibility index (Phi) is 4.82. The zero-order valence-electron chi connectivity index (χ0n) is 10.2. The molecule has 0 aromatic heterocycles. The molecule has 0 saturated carbocycles. The third kappa shape index (κ3) is 4.34. The van der Waals surface area contributed by atoms with Crippen LogP contribution in [0.1, 0.15) is 36.2 Å². The highest BCUT2D eigenvalue weighted by molar-refractivity contribution is 5.96. The fraction of sp³-hybridized carbons (Fsp3) is 0.462. The quantitative estimate of drug-likeness (QED) is 0.432. The van der Waals surface area contributed by atoms with Crippen LogP contribution in [-0.4, -0.2) is 17.3 Å². The van der Waals surface area contributed by atoms with Crippen LogP contribution in [0.4, 0.5) is 0 Å². The van der Waals surface area contributed by atoms with Gasteiger partial charge in [-0.15, -0.1) is 0 Å². The summed E-state index contributed by atoms with van der Waals surface area (Å²) in [4.78, 5) is 21.7. The molecule has 0 radical (unpaired) electrons. The van der Waals surface area contributed by atoms with Gasteiger partial charge in [-0.1, -0.05) is 38.1 Å². The maximum Gasteiger partial charge on any atom is 0.206 e. The predicted molar refractivity (Wildman–Crippen MR) is 65.8 cm³/mol. The molecule has 0 aliphatic heterocycles. The Morgan fingerprint density at radius 2 is 1.94 bits per heavy atom. The van der Waals surface area contributed by atoms with Gasteiger partial charge < -0.3 is 0 Å². The Bertz CT molecular complexity index is 398. The van der Waals surface area contributed by atoms with Gasteiger partial charge >= 0.3 is 0 Å². The summed E-state index contributed by atoms with van der Waals surface area (Å²) in [6, 6.07) is 7.43. The van der Waals surface area contributed by atoms with E-state index in [4.69, 9.17) is 0 Å². The first-order chi connectivity index (χ1) is 8.02. The molecular weight excluding hydrogens is 218 g/mol. The fourth-order valence-corrected chi connectivity index (χ4v) is 1.68. The molecule has 4 heteroatoms. The zero-order valence-corrected chi connectivity index (χ0v) is 10.2. The van der Waals surface area contributed by atoms with Crippen LogP contribution in [0.2, 0.25) is 0 Å². The molecule has 0 spiro atoms. The van der Waals surface area contributed by atoms with Crippen molar-refractivity contribution in [3.63, 3.8) is 0 Å². The normalized spacial score (nSPS) is 12.1. The third-order valence-corrected chi connectivity index (χ3v) is 2.68. The van der Waals surface area contributed by atoms with Crippen LogP contribution in [0, 0.1) is 16.0 Å². The molecule has 1 aromatic carbocycles. The van der Waals surface area contributed by atoms with E-state index in [1.807, 2.05) is 12.1 Å². The summed E-state index contributed by atoms with van der Waals surface area (Å²) in [7, 11) is 0. The van der Waals surface area contributed by atoms with Gasteiger partial charge in [0.05, 0.1) is 0 Å². The van der Waals surface area contributed by atoms with Crippen LogP contribution < -0.4 is 0 Å². The van der Waals surface area contributed by atoms with Crippen LogP contribution in [-0.2, 0) is 6.42 Å².